The van der Waals surface area contributed by atoms with Crippen LogP contribution in [0, 0.1) is 13.8 Å². The molecule has 7 heteroatoms. The molecule has 2 amide bonds. The van der Waals surface area contributed by atoms with E-state index in [1.807, 2.05) is 44.2 Å². The fourth-order valence-electron chi connectivity index (χ4n) is 2.85. The number of amides is 2. The second-order valence-electron chi connectivity index (χ2n) is 6.07. The number of urea groups is 1. The lowest BCUT2D eigenvalue weighted by atomic mass is 10.2. The van der Waals surface area contributed by atoms with Gasteiger partial charge in [-0.25, -0.2) is 9.48 Å². The topological polar surface area (TPSA) is 88.4 Å². The molecule has 27 heavy (non-hydrogen) atoms. The monoisotopic (exact) mass is 366 g/mol. The van der Waals surface area contributed by atoms with Crippen LogP contribution in [-0.2, 0) is 6.54 Å². The number of rotatable bonds is 5. The number of methoxy groups -OCH3 is 1. The zero-order valence-electron chi connectivity index (χ0n) is 15.5. The Morgan fingerprint density at radius 1 is 1.15 bits per heavy atom. The molecule has 0 aliphatic heterocycles. The number of nitrogens with one attached hydrogen (secondary N) is 2. The van der Waals surface area contributed by atoms with Crippen LogP contribution in [0.15, 0.2) is 48.5 Å². The smallest absolute Gasteiger partial charge is 0.319 e. The molecule has 7 nitrogen and oxygen atoms in total. The third-order valence-electron chi connectivity index (χ3n) is 4.27. The Bertz CT molecular complexity index is 951. The maximum absolute atomic E-state index is 12.3. The molecule has 0 saturated carbocycles. The van der Waals surface area contributed by atoms with Crippen LogP contribution >= 0.6 is 0 Å². The number of ether oxygens (including phenoxy) is 1. The number of para-hydroxylation sites is 2. The van der Waals surface area contributed by atoms with Crippen LogP contribution in [0.25, 0.3) is 5.69 Å². The Balaban J connectivity index is 1.71. The van der Waals surface area contributed by atoms with E-state index in [1.54, 1.807) is 22.9 Å². The third kappa shape index (κ3) is 3.87. The lowest BCUT2D eigenvalue weighted by Crippen LogP contribution is -2.28. The molecule has 140 valence electrons. The van der Waals surface area contributed by atoms with Gasteiger partial charge in [-0.3, -0.25) is 0 Å². The number of anilines is 1. The van der Waals surface area contributed by atoms with Gasteiger partial charge in [0.25, 0.3) is 0 Å². The lowest BCUT2D eigenvalue weighted by Gasteiger charge is -2.11. The van der Waals surface area contributed by atoms with Crippen molar-refractivity contribution >= 4 is 11.7 Å². The van der Waals surface area contributed by atoms with E-state index in [9.17, 15) is 9.90 Å². The second kappa shape index (κ2) is 7.82. The summed E-state index contributed by atoms with van der Waals surface area (Å²) in [7, 11) is 1.48. The maximum Gasteiger partial charge on any atom is 0.319 e. The zero-order chi connectivity index (χ0) is 19.4. The van der Waals surface area contributed by atoms with Gasteiger partial charge in [0.2, 0.25) is 0 Å². The van der Waals surface area contributed by atoms with E-state index < -0.39 is 0 Å². The molecule has 1 heterocycles. The molecule has 2 aromatic carbocycles. The Morgan fingerprint density at radius 3 is 2.59 bits per heavy atom. The molecule has 3 aromatic rings. The number of carbonyl (C=O) groups excluding carboxylic acids is 1. The van der Waals surface area contributed by atoms with Gasteiger partial charge in [-0.15, -0.1) is 0 Å². The predicted octanol–water partition coefficient (Wildman–Crippen LogP) is 3.53. The van der Waals surface area contributed by atoms with E-state index in [0.29, 0.717) is 17.0 Å². The van der Waals surface area contributed by atoms with E-state index >= 15 is 0 Å². The van der Waals surface area contributed by atoms with E-state index in [0.717, 1.165) is 17.1 Å². The molecule has 0 radical (unpaired) electrons. The van der Waals surface area contributed by atoms with E-state index in [4.69, 9.17) is 4.74 Å². The summed E-state index contributed by atoms with van der Waals surface area (Å²) in [4.78, 5) is 12.3. The van der Waals surface area contributed by atoms with Gasteiger partial charge in [-0.2, -0.15) is 5.10 Å². The summed E-state index contributed by atoms with van der Waals surface area (Å²) in [5.41, 5.74) is 3.70. The van der Waals surface area contributed by atoms with Gasteiger partial charge in [0.15, 0.2) is 11.5 Å². The van der Waals surface area contributed by atoms with Gasteiger partial charge in [0.05, 0.1) is 29.9 Å². The normalized spacial score (nSPS) is 10.5. The SMILES string of the molecule is COc1cccc(CNC(=O)Nc2c(C)nn(-c3ccccc3)c2C)c1O. The van der Waals surface area contributed by atoms with Crippen LogP contribution in [0.4, 0.5) is 10.5 Å². The average Bonchev–Trinajstić information content (AvgIpc) is 2.96. The molecule has 0 aliphatic carbocycles. The van der Waals surface area contributed by atoms with Crippen molar-refractivity contribution < 1.29 is 14.6 Å². The largest absolute Gasteiger partial charge is 0.504 e. The minimum Gasteiger partial charge on any atom is -0.504 e. The minimum absolute atomic E-state index is 0.0181. The highest BCUT2D eigenvalue weighted by molar-refractivity contribution is 5.90. The van der Waals surface area contributed by atoms with Crippen molar-refractivity contribution in [2.45, 2.75) is 20.4 Å². The first-order valence-corrected chi connectivity index (χ1v) is 8.52. The van der Waals surface area contributed by atoms with Crippen molar-refractivity contribution in [2.75, 3.05) is 12.4 Å². The Kier molecular flexibility index (Phi) is 5.30. The fourth-order valence-corrected chi connectivity index (χ4v) is 2.85. The summed E-state index contributed by atoms with van der Waals surface area (Å²) in [6, 6.07) is 14.5. The number of carbonyl (C=O) groups is 1. The average molecular weight is 366 g/mol. The molecule has 0 unspecified atom stereocenters. The van der Waals surface area contributed by atoms with E-state index in [2.05, 4.69) is 15.7 Å². The third-order valence-corrected chi connectivity index (χ3v) is 4.27. The number of benzene rings is 2. The number of aromatic hydroxyl groups is 1. The first-order chi connectivity index (χ1) is 13.0. The first-order valence-electron chi connectivity index (χ1n) is 8.52. The molecule has 3 N–H and O–H groups in total. The van der Waals surface area contributed by atoms with Gasteiger partial charge in [-0.1, -0.05) is 30.3 Å². The molecule has 0 atom stereocenters. The van der Waals surface area contributed by atoms with Crippen LogP contribution in [0.5, 0.6) is 11.5 Å². The summed E-state index contributed by atoms with van der Waals surface area (Å²) >= 11 is 0. The van der Waals surface area contributed by atoms with Crippen molar-refractivity contribution in [2.24, 2.45) is 0 Å². The van der Waals surface area contributed by atoms with Crippen LogP contribution in [0.1, 0.15) is 17.0 Å². The maximum atomic E-state index is 12.3. The van der Waals surface area contributed by atoms with Crippen molar-refractivity contribution in [3.63, 3.8) is 0 Å². The van der Waals surface area contributed by atoms with Crippen LogP contribution < -0.4 is 15.4 Å². The lowest BCUT2D eigenvalue weighted by molar-refractivity contribution is 0.251. The molecule has 3 rings (SSSR count). The number of aryl methyl sites for hydroxylation is 1. The van der Waals surface area contributed by atoms with Gasteiger partial charge < -0.3 is 20.5 Å². The van der Waals surface area contributed by atoms with E-state index in [1.165, 1.54) is 7.11 Å². The molecule has 0 fully saturated rings. The zero-order valence-corrected chi connectivity index (χ0v) is 15.5. The number of hydrogen-bond donors (Lipinski definition) is 3. The molecule has 1 aromatic heterocycles. The summed E-state index contributed by atoms with van der Waals surface area (Å²) in [5, 5.41) is 20.2. The van der Waals surface area contributed by atoms with Crippen molar-refractivity contribution in [3.8, 4) is 17.2 Å². The standard InChI is InChI=1S/C20H22N4O3/c1-13-18(14(2)24(23-13)16-9-5-4-6-10-16)22-20(26)21-12-15-8-7-11-17(27-3)19(15)25/h4-11,25H,12H2,1-3H3,(H2,21,22,26). The summed E-state index contributed by atoms with van der Waals surface area (Å²) in [6.45, 7) is 3.91. The van der Waals surface area contributed by atoms with Crippen LogP contribution in [-0.4, -0.2) is 28.0 Å². The molecule has 0 spiro atoms. The second-order valence-corrected chi connectivity index (χ2v) is 6.07. The van der Waals surface area contributed by atoms with Gasteiger partial charge in [-0.05, 0) is 32.0 Å². The van der Waals surface area contributed by atoms with Crippen molar-refractivity contribution in [3.05, 3.63) is 65.5 Å². The quantitative estimate of drug-likeness (QED) is 0.645. The van der Waals surface area contributed by atoms with Gasteiger partial charge in [0.1, 0.15) is 0 Å². The highest BCUT2D eigenvalue weighted by Gasteiger charge is 2.15. The van der Waals surface area contributed by atoms with Crippen LogP contribution in [0.3, 0.4) is 0 Å². The molecular weight excluding hydrogens is 344 g/mol. The van der Waals surface area contributed by atoms with Gasteiger partial charge >= 0.3 is 6.03 Å². The Labute approximate surface area is 157 Å². The van der Waals surface area contributed by atoms with Crippen molar-refractivity contribution in [1.29, 1.82) is 0 Å². The number of phenols is 1. The summed E-state index contributed by atoms with van der Waals surface area (Å²) in [5.74, 6) is 0.384. The molecular formula is C20H22N4O3. The number of aromatic nitrogens is 2. The number of hydrogen-bond acceptors (Lipinski definition) is 4. The minimum atomic E-state index is -0.379. The van der Waals surface area contributed by atoms with E-state index in [-0.39, 0.29) is 18.3 Å². The van der Waals surface area contributed by atoms with Crippen LogP contribution in [0.2, 0.25) is 0 Å². The number of phenolic OH excluding ortho intramolecular Hbond substituents is 1. The van der Waals surface area contributed by atoms with Crippen molar-refractivity contribution in [1.82, 2.24) is 15.1 Å². The molecule has 0 bridgehead atoms. The number of nitrogens with zero attached hydrogens (tertiary/aromatic N) is 2. The predicted molar refractivity (Wildman–Crippen MR) is 104 cm³/mol. The van der Waals surface area contributed by atoms with Gasteiger partial charge in [0, 0.05) is 12.1 Å². The highest BCUT2D eigenvalue weighted by atomic mass is 16.5. The fraction of sp³-hybridized carbons (Fsp3) is 0.200. The Morgan fingerprint density at radius 2 is 1.89 bits per heavy atom. The first kappa shape index (κ1) is 18.3. The molecule has 0 saturated heterocycles. The summed E-state index contributed by atoms with van der Waals surface area (Å²) in [6.07, 6.45) is 0. The summed E-state index contributed by atoms with van der Waals surface area (Å²) < 4.78 is 6.87. The Hall–Kier alpha value is -3.48. The molecule has 0 aliphatic rings. The highest BCUT2D eigenvalue weighted by Crippen LogP contribution is 2.29.